The van der Waals surface area contributed by atoms with E-state index in [-0.39, 0.29) is 11.1 Å². The van der Waals surface area contributed by atoms with E-state index in [1.54, 1.807) is 24.4 Å². The van der Waals surface area contributed by atoms with E-state index in [1.165, 1.54) is 0 Å². The number of pyridine rings is 1. The first-order chi connectivity index (χ1) is 8.58. The number of amides is 1. The highest BCUT2D eigenvalue weighted by Crippen LogP contribution is 2.20. The summed E-state index contributed by atoms with van der Waals surface area (Å²) in [4.78, 5) is 15.9. The molecule has 0 spiro atoms. The predicted molar refractivity (Wildman–Crippen MR) is 76.1 cm³/mol. The van der Waals surface area contributed by atoms with Gasteiger partial charge < -0.3 is 5.32 Å². The quantitative estimate of drug-likeness (QED) is 0.846. The van der Waals surface area contributed by atoms with Crippen molar-refractivity contribution < 1.29 is 4.79 Å². The second kappa shape index (κ2) is 5.50. The molecule has 1 heterocycles. The Hall–Kier alpha value is -1.39. The Morgan fingerprint density at radius 1 is 1.39 bits per heavy atom. The Bertz CT molecular complexity index is 601. The number of hydrogen-bond acceptors (Lipinski definition) is 2. The number of nitrogens with one attached hydrogen (secondary N) is 1. The summed E-state index contributed by atoms with van der Waals surface area (Å²) in [5, 5.41) is 3.00. The maximum atomic E-state index is 12.0. The highest BCUT2D eigenvalue weighted by molar-refractivity contribution is 9.10. The first kappa shape index (κ1) is 13.1. The third-order valence-corrected chi connectivity index (χ3v) is 3.62. The first-order valence-corrected chi connectivity index (χ1v) is 6.43. The lowest BCUT2D eigenvalue weighted by Crippen LogP contribution is -2.12. The molecule has 2 aromatic rings. The van der Waals surface area contributed by atoms with Crippen LogP contribution in [0.25, 0.3) is 0 Å². The molecule has 0 fully saturated rings. The van der Waals surface area contributed by atoms with E-state index in [0.717, 1.165) is 10.0 Å². The van der Waals surface area contributed by atoms with Gasteiger partial charge in [-0.15, -0.1) is 0 Å². The Kier molecular flexibility index (Phi) is 3.99. The number of hydrogen-bond donors (Lipinski definition) is 1. The summed E-state index contributed by atoms with van der Waals surface area (Å²) in [5.41, 5.74) is 2.08. The number of aryl methyl sites for hydroxylation is 1. The lowest BCUT2D eigenvalue weighted by Gasteiger charge is -2.07. The van der Waals surface area contributed by atoms with Crippen LogP contribution in [0.1, 0.15) is 15.9 Å². The van der Waals surface area contributed by atoms with Crippen LogP contribution in [-0.4, -0.2) is 10.9 Å². The Morgan fingerprint density at radius 2 is 2.17 bits per heavy atom. The second-order valence-corrected chi connectivity index (χ2v) is 4.97. The van der Waals surface area contributed by atoms with Gasteiger partial charge in [0.1, 0.15) is 0 Å². The minimum absolute atomic E-state index is 0.208. The maximum Gasteiger partial charge on any atom is 0.255 e. The van der Waals surface area contributed by atoms with Gasteiger partial charge in [0.15, 0.2) is 5.15 Å². The molecule has 2 rings (SSSR count). The number of carbonyl (C=O) groups is 1. The van der Waals surface area contributed by atoms with E-state index in [2.05, 4.69) is 26.2 Å². The summed E-state index contributed by atoms with van der Waals surface area (Å²) >= 11 is 9.27. The summed E-state index contributed by atoms with van der Waals surface area (Å²) < 4.78 is 0.971. The molecule has 0 saturated heterocycles. The zero-order valence-electron chi connectivity index (χ0n) is 9.58. The molecule has 0 aliphatic carbocycles. The fourth-order valence-electron chi connectivity index (χ4n) is 1.46. The van der Waals surface area contributed by atoms with Gasteiger partial charge >= 0.3 is 0 Å². The molecule has 0 bridgehead atoms. The van der Waals surface area contributed by atoms with Gasteiger partial charge in [0, 0.05) is 16.2 Å². The highest BCUT2D eigenvalue weighted by Gasteiger charge is 2.09. The predicted octanol–water partition coefficient (Wildman–Crippen LogP) is 4.06. The summed E-state index contributed by atoms with van der Waals surface area (Å²) in [6.07, 6.45) is 1.57. The van der Waals surface area contributed by atoms with Crippen LogP contribution in [0.2, 0.25) is 5.15 Å². The highest BCUT2D eigenvalue weighted by atomic mass is 79.9. The smallest absolute Gasteiger partial charge is 0.255 e. The van der Waals surface area contributed by atoms with Crippen LogP contribution >= 0.6 is 27.5 Å². The monoisotopic (exact) mass is 324 g/mol. The largest absolute Gasteiger partial charge is 0.319 e. The average Bonchev–Trinajstić information content (AvgIpc) is 2.35. The Balaban J connectivity index is 2.22. The van der Waals surface area contributed by atoms with Gasteiger partial charge in [0.25, 0.3) is 5.91 Å². The van der Waals surface area contributed by atoms with Crippen molar-refractivity contribution in [2.24, 2.45) is 0 Å². The van der Waals surface area contributed by atoms with Crippen molar-refractivity contribution in [3.8, 4) is 0 Å². The van der Waals surface area contributed by atoms with Crippen LogP contribution in [0.3, 0.4) is 0 Å². The molecular weight excluding hydrogens is 316 g/mol. The minimum atomic E-state index is -0.208. The molecule has 5 heteroatoms. The van der Waals surface area contributed by atoms with Crippen molar-refractivity contribution in [3.05, 3.63) is 57.3 Å². The molecule has 18 heavy (non-hydrogen) atoms. The molecule has 1 aromatic heterocycles. The number of halogens is 2. The van der Waals surface area contributed by atoms with Crippen LogP contribution < -0.4 is 5.32 Å². The number of benzene rings is 1. The zero-order chi connectivity index (χ0) is 13.1. The van der Waals surface area contributed by atoms with Gasteiger partial charge in [0.05, 0.1) is 5.69 Å². The standard InChI is InChI=1S/C13H10BrClN2O/c1-8-7-9(4-5-10(8)14)13(18)17-11-3-2-6-16-12(11)15/h2-7H,1H3,(H,17,18). The number of anilines is 1. The van der Waals surface area contributed by atoms with Gasteiger partial charge in [0.2, 0.25) is 0 Å². The van der Waals surface area contributed by atoms with Crippen molar-refractivity contribution in [2.75, 3.05) is 5.32 Å². The minimum Gasteiger partial charge on any atom is -0.319 e. The third-order valence-electron chi connectivity index (χ3n) is 2.43. The van der Waals surface area contributed by atoms with E-state index in [0.29, 0.717) is 11.3 Å². The van der Waals surface area contributed by atoms with Crippen LogP contribution in [-0.2, 0) is 0 Å². The van der Waals surface area contributed by atoms with Gasteiger partial charge in [-0.1, -0.05) is 27.5 Å². The van der Waals surface area contributed by atoms with Crippen LogP contribution in [0.5, 0.6) is 0 Å². The van der Waals surface area contributed by atoms with Crippen molar-refractivity contribution in [3.63, 3.8) is 0 Å². The Labute approximate surface area is 118 Å². The van der Waals surface area contributed by atoms with Crippen molar-refractivity contribution in [2.45, 2.75) is 6.92 Å². The number of carbonyl (C=O) groups excluding carboxylic acids is 1. The molecule has 1 amide bonds. The number of nitrogens with zero attached hydrogens (tertiary/aromatic N) is 1. The van der Waals surface area contributed by atoms with Crippen LogP contribution in [0.4, 0.5) is 5.69 Å². The number of aromatic nitrogens is 1. The molecule has 0 unspecified atom stereocenters. The molecule has 0 aliphatic rings. The molecule has 92 valence electrons. The fourth-order valence-corrected chi connectivity index (χ4v) is 1.87. The van der Waals surface area contributed by atoms with Gasteiger partial charge in [-0.25, -0.2) is 4.98 Å². The SMILES string of the molecule is Cc1cc(C(=O)Nc2cccnc2Cl)ccc1Br. The van der Waals surface area contributed by atoms with Crippen LogP contribution in [0.15, 0.2) is 41.0 Å². The van der Waals surface area contributed by atoms with Gasteiger partial charge in [-0.3, -0.25) is 4.79 Å². The third kappa shape index (κ3) is 2.89. The molecule has 0 radical (unpaired) electrons. The fraction of sp³-hybridized carbons (Fsp3) is 0.0769. The first-order valence-electron chi connectivity index (χ1n) is 5.26. The molecular formula is C13H10BrClN2O. The topological polar surface area (TPSA) is 42.0 Å². The van der Waals surface area contributed by atoms with Crippen molar-refractivity contribution in [1.82, 2.24) is 4.98 Å². The van der Waals surface area contributed by atoms with Crippen LogP contribution in [0, 0.1) is 6.92 Å². The molecule has 0 saturated carbocycles. The summed E-state index contributed by atoms with van der Waals surface area (Å²) in [7, 11) is 0. The summed E-state index contributed by atoms with van der Waals surface area (Å²) in [6.45, 7) is 1.93. The second-order valence-electron chi connectivity index (χ2n) is 3.76. The average molecular weight is 326 g/mol. The van der Waals surface area contributed by atoms with Crippen molar-refractivity contribution in [1.29, 1.82) is 0 Å². The number of rotatable bonds is 2. The van der Waals surface area contributed by atoms with E-state index < -0.39 is 0 Å². The van der Waals surface area contributed by atoms with E-state index in [1.807, 2.05) is 19.1 Å². The molecule has 1 N–H and O–H groups in total. The van der Waals surface area contributed by atoms with E-state index in [9.17, 15) is 4.79 Å². The lowest BCUT2D eigenvalue weighted by atomic mass is 10.1. The normalized spacial score (nSPS) is 10.2. The molecule has 0 aliphatic heterocycles. The lowest BCUT2D eigenvalue weighted by molar-refractivity contribution is 0.102. The molecule has 3 nitrogen and oxygen atoms in total. The zero-order valence-corrected chi connectivity index (χ0v) is 11.9. The van der Waals surface area contributed by atoms with E-state index >= 15 is 0 Å². The van der Waals surface area contributed by atoms with Gasteiger partial charge in [-0.05, 0) is 42.8 Å². The maximum absolute atomic E-state index is 12.0. The summed E-state index contributed by atoms with van der Waals surface area (Å²) in [5.74, 6) is -0.208. The summed E-state index contributed by atoms with van der Waals surface area (Å²) in [6, 6.07) is 8.82. The molecule has 1 aromatic carbocycles. The van der Waals surface area contributed by atoms with Crippen molar-refractivity contribution >= 4 is 39.1 Å². The molecule has 0 atom stereocenters. The van der Waals surface area contributed by atoms with Gasteiger partial charge in [-0.2, -0.15) is 0 Å². The Morgan fingerprint density at radius 3 is 2.83 bits per heavy atom. The van der Waals surface area contributed by atoms with E-state index in [4.69, 9.17) is 11.6 Å².